The van der Waals surface area contributed by atoms with Gasteiger partial charge in [-0.15, -0.1) is 11.3 Å². The van der Waals surface area contributed by atoms with Crippen LogP contribution in [0.2, 0.25) is 0 Å². The third-order valence-electron chi connectivity index (χ3n) is 7.81. The molecule has 160 valence electrons. The first-order valence-electron chi connectivity index (χ1n) is 11.6. The number of rotatable bonds is 6. The van der Waals surface area contributed by atoms with Crippen LogP contribution in [-0.2, 0) is 10.8 Å². The molecule has 0 spiro atoms. The van der Waals surface area contributed by atoms with Gasteiger partial charge in [0.25, 0.3) is 0 Å². The summed E-state index contributed by atoms with van der Waals surface area (Å²) in [5, 5.41) is 8.84. The molecule has 4 saturated carbocycles. The number of hydrogen-bond donors (Lipinski definition) is 2. The number of hydrogen-bond acceptors (Lipinski definition) is 3. The fourth-order valence-corrected chi connectivity index (χ4v) is 7.73. The maximum atomic E-state index is 12.2. The molecule has 4 aliphatic rings. The summed E-state index contributed by atoms with van der Waals surface area (Å²) in [4.78, 5) is 17.1. The molecule has 4 fully saturated rings. The molecule has 4 nitrogen and oxygen atoms in total. The van der Waals surface area contributed by atoms with Gasteiger partial charge >= 0.3 is 6.03 Å². The Labute approximate surface area is 183 Å². The summed E-state index contributed by atoms with van der Waals surface area (Å²) in [6.45, 7) is 5.02. The molecule has 30 heavy (non-hydrogen) atoms. The van der Waals surface area contributed by atoms with E-state index in [1.165, 1.54) is 55.3 Å². The van der Waals surface area contributed by atoms with E-state index in [0.29, 0.717) is 12.0 Å². The fraction of sp³-hybridized carbons (Fsp3) is 0.600. The predicted octanol–water partition coefficient (Wildman–Crippen LogP) is 6.16. The zero-order valence-electron chi connectivity index (χ0n) is 18.2. The number of aromatic nitrogens is 1. The molecule has 0 saturated heterocycles. The van der Waals surface area contributed by atoms with Crippen LogP contribution in [0.1, 0.15) is 75.1 Å². The number of urea groups is 1. The van der Waals surface area contributed by atoms with Crippen LogP contribution < -0.4 is 10.6 Å². The van der Waals surface area contributed by atoms with Crippen LogP contribution in [-0.4, -0.2) is 17.6 Å². The van der Waals surface area contributed by atoms with Crippen LogP contribution in [0.15, 0.2) is 29.6 Å². The molecule has 2 atom stereocenters. The average molecular weight is 424 g/mol. The van der Waals surface area contributed by atoms with Gasteiger partial charge in [-0.1, -0.05) is 43.2 Å². The van der Waals surface area contributed by atoms with Crippen molar-refractivity contribution in [3.63, 3.8) is 0 Å². The van der Waals surface area contributed by atoms with Crippen molar-refractivity contribution < 1.29 is 4.79 Å². The second-order valence-corrected chi connectivity index (χ2v) is 11.0. The quantitative estimate of drug-likeness (QED) is 0.547. The van der Waals surface area contributed by atoms with Gasteiger partial charge in [0, 0.05) is 17.3 Å². The molecule has 2 unspecified atom stereocenters. The Morgan fingerprint density at radius 2 is 1.83 bits per heavy atom. The molecule has 1 aromatic heterocycles. The number of anilines is 1. The minimum absolute atomic E-state index is 0.133. The van der Waals surface area contributed by atoms with Gasteiger partial charge in [0.2, 0.25) is 0 Å². The number of carbonyl (C=O) groups is 1. The number of unbranched alkanes of at least 4 members (excludes halogenated alkanes) is 1. The van der Waals surface area contributed by atoms with Crippen LogP contribution in [0.4, 0.5) is 9.93 Å². The molecule has 6 rings (SSSR count). The molecule has 5 heteroatoms. The van der Waals surface area contributed by atoms with E-state index in [0.717, 1.165) is 29.8 Å². The van der Waals surface area contributed by atoms with Crippen molar-refractivity contribution in [3.8, 4) is 0 Å². The highest BCUT2D eigenvalue weighted by molar-refractivity contribution is 7.13. The second-order valence-electron chi connectivity index (χ2n) is 10.2. The van der Waals surface area contributed by atoms with E-state index in [2.05, 4.69) is 54.1 Å². The summed E-state index contributed by atoms with van der Waals surface area (Å²) in [6.07, 6.45) is 9.89. The summed E-state index contributed by atoms with van der Waals surface area (Å²) < 4.78 is 0. The summed E-state index contributed by atoms with van der Waals surface area (Å²) in [5.74, 6) is 1.62. The van der Waals surface area contributed by atoms with Gasteiger partial charge in [-0.3, -0.25) is 5.32 Å². The Morgan fingerprint density at radius 1 is 1.13 bits per heavy atom. The average Bonchev–Trinajstić information content (AvgIpc) is 3.17. The lowest BCUT2D eigenvalue weighted by molar-refractivity contribution is -0.0296. The fourth-order valence-electron chi connectivity index (χ4n) is 6.90. The topological polar surface area (TPSA) is 54.0 Å². The highest BCUT2D eigenvalue weighted by Crippen LogP contribution is 2.66. The van der Waals surface area contributed by atoms with Crippen molar-refractivity contribution in [2.45, 2.75) is 76.0 Å². The van der Waals surface area contributed by atoms with Gasteiger partial charge in [-0.05, 0) is 74.7 Å². The minimum atomic E-state index is -0.133. The Balaban J connectivity index is 1.38. The van der Waals surface area contributed by atoms with Gasteiger partial charge in [-0.2, -0.15) is 0 Å². The van der Waals surface area contributed by atoms with Crippen LogP contribution in [0, 0.1) is 18.8 Å². The number of benzene rings is 1. The minimum Gasteiger partial charge on any atom is -0.338 e. The molecule has 1 heterocycles. The van der Waals surface area contributed by atoms with Gasteiger partial charge in [0.1, 0.15) is 0 Å². The highest BCUT2D eigenvalue weighted by Gasteiger charge is 2.59. The third-order valence-corrected chi connectivity index (χ3v) is 8.57. The van der Waals surface area contributed by atoms with E-state index in [1.807, 2.05) is 0 Å². The first kappa shape index (κ1) is 20.0. The normalized spacial score (nSPS) is 31.7. The third kappa shape index (κ3) is 3.55. The molecule has 4 bridgehead atoms. The molecule has 4 aliphatic carbocycles. The van der Waals surface area contributed by atoms with E-state index in [9.17, 15) is 4.79 Å². The van der Waals surface area contributed by atoms with Crippen molar-refractivity contribution in [1.82, 2.24) is 10.3 Å². The van der Waals surface area contributed by atoms with E-state index in [-0.39, 0.29) is 11.4 Å². The zero-order chi connectivity index (χ0) is 20.8. The van der Waals surface area contributed by atoms with E-state index in [4.69, 9.17) is 4.98 Å². The Kier molecular flexibility index (Phi) is 5.12. The Morgan fingerprint density at radius 3 is 2.53 bits per heavy atom. The van der Waals surface area contributed by atoms with Gasteiger partial charge in [0.15, 0.2) is 5.13 Å². The standard InChI is InChI=1S/C25H33N3OS/c1-3-4-9-26-22(29)28-23-27-21(15-30-23)25-13-18-10-19(14-25)12-24(11-18,16-25)20-7-5-17(2)6-8-20/h5-8,15,18-19H,3-4,9-14,16H2,1-2H3,(H2,26,27,28,29). The number of nitrogens with one attached hydrogen (secondary N) is 2. The predicted molar refractivity (Wildman–Crippen MR) is 123 cm³/mol. The largest absolute Gasteiger partial charge is 0.338 e. The van der Waals surface area contributed by atoms with Gasteiger partial charge in [0.05, 0.1) is 5.69 Å². The molecular formula is C25H33N3OS. The lowest BCUT2D eigenvalue weighted by Crippen LogP contribution is -2.56. The van der Waals surface area contributed by atoms with Crippen LogP contribution >= 0.6 is 11.3 Å². The first-order valence-corrected chi connectivity index (χ1v) is 12.5. The number of thiazole rings is 1. The lowest BCUT2D eigenvalue weighted by atomic mass is 9.42. The van der Waals surface area contributed by atoms with Gasteiger partial charge in [-0.25, -0.2) is 9.78 Å². The van der Waals surface area contributed by atoms with E-state index in [1.54, 1.807) is 11.3 Å². The van der Waals surface area contributed by atoms with Crippen LogP contribution in [0.25, 0.3) is 0 Å². The van der Waals surface area contributed by atoms with Crippen molar-refractivity contribution in [3.05, 3.63) is 46.5 Å². The Hall–Kier alpha value is -1.88. The maximum absolute atomic E-state index is 12.2. The van der Waals surface area contributed by atoms with Crippen molar-refractivity contribution in [2.24, 2.45) is 11.8 Å². The molecular weight excluding hydrogens is 390 g/mol. The van der Waals surface area contributed by atoms with Gasteiger partial charge < -0.3 is 5.32 Å². The number of aryl methyl sites for hydroxylation is 1. The summed E-state index contributed by atoms with van der Waals surface area (Å²) in [5.41, 5.74) is 4.60. The van der Waals surface area contributed by atoms with Crippen molar-refractivity contribution in [2.75, 3.05) is 11.9 Å². The monoisotopic (exact) mass is 423 g/mol. The number of nitrogens with zero attached hydrogens (tertiary/aromatic N) is 1. The Bertz CT molecular complexity index is 905. The number of carbonyl (C=O) groups excluding carboxylic acids is 1. The molecule has 2 N–H and O–H groups in total. The highest BCUT2D eigenvalue weighted by atomic mass is 32.1. The summed E-state index contributed by atoms with van der Waals surface area (Å²) in [6, 6.07) is 9.19. The zero-order valence-corrected chi connectivity index (χ0v) is 19.0. The van der Waals surface area contributed by atoms with Crippen molar-refractivity contribution in [1.29, 1.82) is 0 Å². The SMILES string of the molecule is CCCCNC(=O)Nc1nc(C23CC4CC(CC(c5ccc(C)cc5)(C4)C2)C3)cs1. The second kappa shape index (κ2) is 7.67. The molecule has 2 aromatic rings. The van der Waals surface area contributed by atoms with E-state index >= 15 is 0 Å². The molecule has 0 aliphatic heterocycles. The summed E-state index contributed by atoms with van der Waals surface area (Å²) >= 11 is 1.58. The van der Waals surface area contributed by atoms with Crippen LogP contribution in [0.5, 0.6) is 0 Å². The van der Waals surface area contributed by atoms with E-state index < -0.39 is 0 Å². The number of amides is 2. The van der Waals surface area contributed by atoms with Crippen molar-refractivity contribution >= 4 is 22.5 Å². The maximum Gasteiger partial charge on any atom is 0.321 e. The molecule has 2 amide bonds. The van der Waals surface area contributed by atoms with Crippen LogP contribution in [0.3, 0.4) is 0 Å². The molecule has 1 aromatic carbocycles. The lowest BCUT2D eigenvalue weighted by Gasteiger charge is -2.62. The molecule has 0 radical (unpaired) electrons. The first-order chi connectivity index (χ1) is 14.5. The summed E-state index contributed by atoms with van der Waals surface area (Å²) in [7, 11) is 0. The smallest absolute Gasteiger partial charge is 0.321 e.